The van der Waals surface area contributed by atoms with E-state index in [9.17, 15) is 32.7 Å². The van der Waals surface area contributed by atoms with Gasteiger partial charge in [0.05, 0.1) is 28.5 Å². The minimum atomic E-state index is -1.97. The van der Waals surface area contributed by atoms with Crippen LogP contribution in [-0.4, -0.2) is 69.9 Å². The Morgan fingerprint density at radius 1 is 1.12 bits per heavy atom. The van der Waals surface area contributed by atoms with Crippen molar-refractivity contribution in [2.45, 2.75) is 34.7 Å². The first-order valence-corrected chi connectivity index (χ1v) is 11.4. The molecule has 0 spiro atoms. The first-order chi connectivity index (χ1) is 15.7. The Labute approximate surface area is 195 Å². The molecule has 0 radical (unpaired) electrons. The van der Waals surface area contributed by atoms with Crippen molar-refractivity contribution in [3.05, 3.63) is 58.7 Å². The molecule has 6 unspecified atom stereocenters. The maximum atomic E-state index is 13.6. The highest BCUT2D eigenvalue weighted by atomic mass is 79.9. The molecule has 9 nitrogen and oxygen atoms in total. The quantitative estimate of drug-likeness (QED) is 0.407. The molecule has 1 aliphatic heterocycles. The molecule has 3 N–H and O–H groups in total. The summed E-state index contributed by atoms with van der Waals surface area (Å²) in [6, 6.07) is 1.66. The van der Waals surface area contributed by atoms with Crippen LogP contribution in [0.4, 0.5) is 13.2 Å². The van der Waals surface area contributed by atoms with Crippen LogP contribution in [0, 0.1) is 17.5 Å². The van der Waals surface area contributed by atoms with E-state index in [1.165, 1.54) is 24.7 Å². The van der Waals surface area contributed by atoms with Crippen molar-refractivity contribution in [2.75, 3.05) is 6.61 Å². The van der Waals surface area contributed by atoms with Gasteiger partial charge in [0, 0.05) is 22.4 Å². The van der Waals surface area contributed by atoms with E-state index in [0.29, 0.717) is 4.47 Å². The molecule has 3 aromatic rings. The van der Waals surface area contributed by atoms with Crippen molar-refractivity contribution in [1.29, 1.82) is 0 Å². The average molecular weight is 549 g/mol. The van der Waals surface area contributed by atoms with Crippen LogP contribution in [0.1, 0.15) is 6.04 Å². The summed E-state index contributed by atoms with van der Waals surface area (Å²) in [7, 11) is -1.97. The molecule has 176 valence electrons. The van der Waals surface area contributed by atoms with E-state index in [1.807, 2.05) is 0 Å². The number of ether oxygens (including phenoxy) is 1. The number of pyridine rings is 1. The van der Waals surface area contributed by atoms with Crippen molar-refractivity contribution in [2.24, 2.45) is 0 Å². The van der Waals surface area contributed by atoms with Gasteiger partial charge in [0.15, 0.2) is 22.9 Å². The number of benzene rings is 1. The summed E-state index contributed by atoms with van der Waals surface area (Å²) in [5.74, 6) is -4.49. The van der Waals surface area contributed by atoms with E-state index in [4.69, 9.17) is 4.74 Å². The zero-order valence-corrected chi connectivity index (χ0v) is 18.8. The number of nitrogens with zero attached hydrogens (tertiary/aromatic N) is 4. The molecule has 2 aromatic heterocycles. The number of aromatic nitrogens is 4. The molecule has 3 heterocycles. The molecule has 0 amide bonds. The normalized spacial score (nSPS) is 26.3. The Morgan fingerprint density at radius 2 is 1.82 bits per heavy atom. The van der Waals surface area contributed by atoms with Crippen LogP contribution in [0.25, 0.3) is 11.3 Å². The lowest BCUT2D eigenvalue weighted by atomic mass is 9.97. The lowest BCUT2D eigenvalue weighted by Gasteiger charge is -2.41. The highest BCUT2D eigenvalue weighted by Crippen LogP contribution is 2.34. The summed E-state index contributed by atoms with van der Waals surface area (Å²) >= 11 is 3.21. The van der Waals surface area contributed by atoms with Gasteiger partial charge in [0.1, 0.15) is 30.0 Å². The summed E-state index contributed by atoms with van der Waals surface area (Å²) in [5.41, 5.74) is -1.60. The molecular formula is C19H16BrF3N4O5S. The van der Waals surface area contributed by atoms with E-state index in [0.717, 1.165) is 16.8 Å². The fraction of sp³-hybridized carbons (Fsp3) is 0.316. The Morgan fingerprint density at radius 3 is 2.45 bits per heavy atom. The van der Waals surface area contributed by atoms with Gasteiger partial charge < -0.3 is 20.1 Å². The van der Waals surface area contributed by atoms with Crippen molar-refractivity contribution in [1.82, 2.24) is 20.0 Å². The number of hydrogen-bond acceptors (Lipinski definition) is 8. The van der Waals surface area contributed by atoms with Crippen LogP contribution in [-0.2, 0) is 15.5 Å². The minimum absolute atomic E-state index is 0.0758. The van der Waals surface area contributed by atoms with Gasteiger partial charge in [-0.15, -0.1) is 5.10 Å². The maximum Gasteiger partial charge on any atom is 0.194 e. The second kappa shape index (κ2) is 9.56. The SMILES string of the molecule is O=S(c1cncc(Br)c1)C1OC(CO)C(O)C(n2cc(-c3cc(F)c(F)c(F)c3)nn2)C1O. The smallest absolute Gasteiger partial charge is 0.194 e. The number of aliphatic hydroxyl groups excluding tert-OH is 3. The Balaban J connectivity index is 1.68. The second-order valence-corrected chi connectivity index (χ2v) is 9.62. The van der Waals surface area contributed by atoms with Gasteiger partial charge in [0.2, 0.25) is 0 Å². The predicted molar refractivity (Wildman–Crippen MR) is 110 cm³/mol. The third kappa shape index (κ3) is 4.58. The molecule has 1 fully saturated rings. The lowest BCUT2D eigenvalue weighted by Crippen LogP contribution is -2.57. The molecule has 1 aromatic carbocycles. The summed E-state index contributed by atoms with van der Waals surface area (Å²) in [4.78, 5) is 4.14. The van der Waals surface area contributed by atoms with Crippen LogP contribution >= 0.6 is 15.9 Å². The molecular weight excluding hydrogens is 533 g/mol. The number of halogens is 4. The Kier molecular flexibility index (Phi) is 6.93. The standard InChI is InChI=1S/C19H16BrF3N4O5S/c20-9-3-10(5-24-4-9)33(31)19-18(30)16(17(29)14(7-28)32-19)27-6-13(25-26-27)8-1-11(21)15(23)12(22)2-8/h1-6,14,16-19,28-30H,7H2. The number of aliphatic hydroxyl groups is 3. The highest BCUT2D eigenvalue weighted by molar-refractivity contribution is 9.10. The van der Waals surface area contributed by atoms with E-state index < -0.39 is 64.6 Å². The predicted octanol–water partition coefficient (Wildman–Crippen LogP) is 1.31. The largest absolute Gasteiger partial charge is 0.394 e. The maximum absolute atomic E-state index is 13.6. The van der Waals surface area contributed by atoms with Gasteiger partial charge in [-0.3, -0.25) is 9.19 Å². The lowest BCUT2D eigenvalue weighted by molar-refractivity contribution is -0.179. The molecule has 1 aliphatic rings. The van der Waals surface area contributed by atoms with Gasteiger partial charge >= 0.3 is 0 Å². The van der Waals surface area contributed by atoms with Gasteiger partial charge in [-0.25, -0.2) is 17.9 Å². The van der Waals surface area contributed by atoms with Crippen LogP contribution in [0.5, 0.6) is 0 Å². The fourth-order valence-electron chi connectivity index (χ4n) is 3.45. The molecule has 4 rings (SSSR count). The fourth-order valence-corrected chi connectivity index (χ4v) is 5.30. The molecule has 0 aliphatic carbocycles. The van der Waals surface area contributed by atoms with Crippen LogP contribution in [0.15, 0.2) is 46.2 Å². The van der Waals surface area contributed by atoms with Crippen molar-refractivity contribution < 1.29 is 37.4 Å². The Hall–Kier alpha value is -2.23. The number of rotatable bonds is 5. The number of hydrogen-bond donors (Lipinski definition) is 3. The molecule has 1 saturated heterocycles. The van der Waals surface area contributed by atoms with Crippen molar-refractivity contribution in [3.8, 4) is 11.3 Å². The van der Waals surface area contributed by atoms with E-state index in [2.05, 4.69) is 31.2 Å². The highest BCUT2D eigenvalue weighted by Gasteiger charge is 2.48. The van der Waals surface area contributed by atoms with Gasteiger partial charge in [-0.2, -0.15) is 0 Å². The zero-order chi connectivity index (χ0) is 23.9. The molecule has 6 atom stereocenters. The van der Waals surface area contributed by atoms with Crippen LogP contribution in [0.2, 0.25) is 0 Å². The van der Waals surface area contributed by atoms with Crippen LogP contribution in [0.3, 0.4) is 0 Å². The van der Waals surface area contributed by atoms with E-state index in [1.54, 1.807) is 0 Å². The van der Waals surface area contributed by atoms with Gasteiger partial charge in [-0.05, 0) is 34.1 Å². The first kappa shape index (κ1) is 23.9. The second-order valence-electron chi connectivity index (χ2n) is 7.17. The van der Waals surface area contributed by atoms with Crippen molar-refractivity contribution >= 4 is 26.7 Å². The molecule has 0 saturated carbocycles. The summed E-state index contributed by atoms with van der Waals surface area (Å²) in [5, 5.41) is 38.8. The van der Waals surface area contributed by atoms with E-state index >= 15 is 0 Å². The molecule has 33 heavy (non-hydrogen) atoms. The minimum Gasteiger partial charge on any atom is -0.394 e. The van der Waals surface area contributed by atoms with Gasteiger partial charge in [0.25, 0.3) is 0 Å². The molecule has 14 heteroatoms. The monoisotopic (exact) mass is 548 g/mol. The van der Waals surface area contributed by atoms with Crippen molar-refractivity contribution in [3.63, 3.8) is 0 Å². The third-order valence-electron chi connectivity index (χ3n) is 5.07. The third-order valence-corrected chi connectivity index (χ3v) is 7.00. The van der Waals surface area contributed by atoms with Gasteiger partial charge in [-0.1, -0.05) is 5.21 Å². The summed E-state index contributed by atoms with van der Waals surface area (Å²) < 4.78 is 60.6. The topological polar surface area (TPSA) is 131 Å². The zero-order valence-electron chi connectivity index (χ0n) is 16.4. The average Bonchev–Trinajstić information content (AvgIpc) is 3.27. The summed E-state index contributed by atoms with van der Waals surface area (Å²) in [6.45, 7) is -0.662. The Bertz CT molecular complexity index is 1180. The van der Waals surface area contributed by atoms with Crippen LogP contribution < -0.4 is 0 Å². The molecule has 0 bridgehead atoms. The van der Waals surface area contributed by atoms with E-state index in [-0.39, 0.29) is 16.2 Å². The summed E-state index contributed by atoms with van der Waals surface area (Å²) in [6.07, 6.45) is -0.380. The first-order valence-electron chi connectivity index (χ1n) is 9.41.